The third kappa shape index (κ3) is 4.25. The maximum atomic E-state index is 6.35. The van der Waals surface area contributed by atoms with E-state index in [1.54, 1.807) is 11.8 Å². The van der Waals surface area contributed by atoms with E-state index < -0.39 is 0 Å². The van der Waals surface area contributed by atoms with Gasteiger partial charge in [-0.3, -0.25) is 0 Å². The van der Waals surface area contributed by atoms with Crippen molar-refractivity contribution < 1.29 is 0 Å². The van der Waals surface area contributed by atoms with E-state index in [1.165, 1.54) is 10.5 Å². The van der Waals surface area contributed by atoms with Crippen molar-refractivity contribution in [1.29, 1.82) is 0 Å². The van der Waals surface area contributed by atoms with E-state index >= 15 is 0 Å². The van der Waals surface area contributed by atoms with Crippen LogP contribution in [0.5, 0.6) is 0 Å². The van der Waals surface area contributed by atoms with Crippen molar-refractivity contribution in [3.63, 3.8) is 0 Å². The van der Waals surface area contributed by atoms with Gasteiger partial charge in [-0.2, -0.15) is 0 Å². The second kappa shape index (κ2) is 7.34. The van der Waals surface area contributed by atoms with Crippen LogP contribution in [0, 0.1) is 0 Å². The zero-order valence-corrected chi connectivity index (χ0v) is 13.8. The van der Waals surface area contributed by atoms with Gasteiger partial charge in [-0.1, -0.05) is 48.5 Å². The molecule has 19 heavy (non-hydrogen) atoms. The fourth-order valence-electron chi connectivity index (χ4n) is 1.65. The molecular formula is C15H15BrClNS. The lowest BCUT2D eigenvalue weighted by molar-refractivity contribution is 0.726. The van der Waals surface area contributed by atoms with E-state index in [2.05, 4.69) is 46.4 Å². The fraction of sp³-hybridized carbons (Fsp3) is 0.200. The minimum absolute atomic E-state index is 0.802. The quantitative estimate of drug-likeness (QED) is 0.773. The molecule has 0 bridgehead atoms. The maximum Gasteiger partial charge on any atom is 0.0548 e. The summed E-state index contributed by atoms with van der Waals surface area (Å²) in [7, 11) is 0. The summed E-state index contributed by atoms with van der Waals surface area (Å²) in [4.78, 5) is 2.25. The SMILES string of the molecule is CCNCc1ccc(Sc2ccccc2Br)c(Cl)c1. The van der Waals surface area contributed by atoms with E-state index in [4.69, 9.17) is 11.6 Å². The summed E-state index contributed by atoms with van der Waals surface area (Å²) < 4.78 is 1.09. The molecule has 0 atom stereocenters. The highest BCUT2D eigenvalue weighted by Crippen LogP contribution is 2.37. The van der Waals surface area contributed by atoms with E-state index in [0.717, 1.165) is 27.5 Å². The van der Waals surface area contributed by atoms with Crippen LogP contribution in [0.15, 0.2) is 56.7 Å². The first-order chi connectivity index (χ1) is 9.20. The smallest absolute Gasteiger partial charge is 0.0548 e. The molecule has 1 nitrogen and oxygen atoms in total. The third-order valence-electron chi connectivity index (χ3n) is 2.63. The second-order valence-corrected chi connectivity index (χ2v) is 6.42. The molecule has 2 rings (SSSR count). The van der Waals surface area contributed by atoms with Gasteiger partial charge in [-0.15, -0.1) is 0 Å². The predicted octanol–water partition coefficient (Wildman–Crippen LogP) is 5.36. The standard InChI is InChI=1S/C15H15BrClNS/c1-2-18-10-11-7-8-15(13(17)9-11)19-14-6-4-3-5-12(14)16/h3-9,18H,2,10H2,1H3. The van der Waals surface area contributed by atoms with Crippen LogP contribution in [0.3, 0.4) is 0 Å². The van der Waals surface area contributed by atoms with Gasteiger partial charge in [-0.25, -0.2) is 0 Å². The zero-order chi connectivity index (χ0) is 13.7. The van der Waals surface area contributed by atoms with E-state index in [9.17, 15) is 0 Å². The molecule has 0 saturated heterocycles. The molecule has 100 valence electrons. The lowest BCUT2D eigenvalue weighted by atomic mass is 10.2. The molecule has 0 aliphatic heterocycles. The average molecular weight is 357 g/mol. The van der Waals surface area contributed by atoms with Gasteiger partial charge in [-0.05, 0) is 52.3 Å². The van der Waals surface area contributed by atoms with E-state index in [-0.39, 0.29) is 0 Å². The van der Waals surface area contributed by atoms with Gasteiger partial charge in [0.25, 0.3) is 0 Å². The number of halogens is 2. The van der Waals surface area contributed by atoms with Crippen molar-refractivity contribution in [3.05, 3.63) is 57.5 Å². The van der Waals surface area contributed by atoms with Gasteiger partial charge in [0, 0.05) is 20.8 Å². The fourth-order valence-corrected chi connectivity index (χ4v) is 3.34. The van der Waals surface area contributed by atoms with Crippen LogP contribution >= 0.6 is 39.3 Å². The molecule has 0 amide bonds. The van der Waals surface area contributed by atoms with Gasteiger partial charge in [0.1, 0.15) is 0 Å². The molecule has 0 fully saturated rings. The highest BCUT2D eigenvalue weighted by atomic mass is 79.9. The Kier molecular flexibility index (Phi) is 5.76. The summed E-state index contributed by atoms with van der Waals surface area (Å²) in [5, 5.41) is 4.10. The van der Waals surface area contributed by atoms with Crippen molar-refractivity contribution >= 4 is 39.3 Å². The third-order valence-corrected chi connectivity index (χ3v) is 5.16. The monoisotopic (exact) mass is 355 g/mol. The zero-order valence-electron chi connectivity index (χ0n) is 10.6. The minimum atomic E-state index is 0.802. The largest absolute Gasteiger partial charge is 0.313 e. The molecule has 0 heterocycles. The van der Waals surface area contributed by atoms with Crippen molar-refractivity contribution in [2.75, 3.05) is 6.54 Å². The van der Waals surface area contributed by atoms with Crippen molar-refractivity contribution in [1.82, 2.24) is 5.32 Å². The van der Waals surface area contributed by atoms with Crippen LogP contribution in [0.4, 0.5) is 0 Å². The molecule has 0 aliphatic rings. The maximum absolute atomic E-state index is 6.35. The molecule has 1 N–H and O–H groups in total. The summed E-state index contributed by atoms with van der Waals surface area (Å²) in [6, 6.07) is 14.4. The molecule has 0 unspecified atom stereocenters. The van der Waals surface area contributed by atoms with Crippen LogP contribution < -0.4 is 5.32 Å². The van der Waals surface area contributed by atoms with Crippen molar-refractivity contribution in [3.8, 4) is 0 Å². The predicted molar refractivity (Wildman–Crippen MR) is 87.1 cm³/mol. The second-order valence-electron chi connectivity index (χ2n) is 4.08. The summed E-state index contributed by atoms with van der Waals surface area (Å²) in [5.41, 5.74) is 1.21. The minimum Gasteiger partial charge on any atom is -0.313 e. The topological polar surface area (TPSA) is 12.0 Å². The van der Waals surface area contributed by atoms with Gasteiger partial charge in [0.2, 0.25) is 0 Å². The van der Waals surface area contributed by atoms with Crippen LogP contribution in [-0.2, 0) is 6.54 Å². The van der Waals surface area contributed by atoms with Crippen LogP contribution in [0.25, 0.3) is 0 Å². The van der Waals surface area contributed by atoms with E-state index in [1.807, 2.05) is 24.3 Å². The number of benzene rings is 2. The van der Waals surface area contributed by atoms with Gasteiger partial charge in [0.15, 0.2) is 0 Å². The molecule has 0 aromatic heterocycles. The average Bonchev–Trinajstić information content (AvgIpc) is 2.41. The molecule has 0 aliphatic carbocycles. The Hall–Kier alpha value is -0.480. The van der Waals surface area contributed by atoms with Gasteiger partial charge >= 0.3 is 0 Å². The lowest BCUT2D eigenvalue weighted by Gasteiger charge is -2.08. The Morgan fingerprint density at radius 2 is 1.95 bits per heavy atom. The summed E-state index contributed by atoms with van der Waals surface area (Å²) in [5.74, 6) is 0. The molecule has 2 aromatic rings. The Balaban J connectivity index is 2.15. The Labute approximate surface area is 131 Å². The summed E-state index contributed by atoms with van der Waals surface area (Å²) in [6.07, 6.45) is 0. The van der Waals surface area contributed by atoms with Crippen LogP contribution in [0.2, 0.25) is 5.02 Å². The first kappa shape index (κ1) is 14.9. The van der Waals surface area contributed by atoms with Gasteiger partial charge in [0.05, 0.1) is 5.02 Å². The number of nitrogens with one attached hydrogen (secondary N) is 1. The summed E-state index contributed by atoms with van der Waals surface area (Å²) in [6.45, 7) is 3.92. The highest BCUT2D eigenvalue weighted by Gasteiger charge is 2.06. The normalized spacial score (nSPS) is 10.7. The first-order valence-corrected chi connectivity index (χ1v) is 8.11. The molecule has 0 spiro atoms. The van der Waals surface area contributed by atoms with E-state index in [0.29, 0.717) is 0 Å². The highest BCUT2D eigenvalue weighted by molar-refractivity contribution is 9.10. The number of hydrogen-bond donors (Lipinski definition) is 1. The van der Waals surface area contributed by atoms with Crippen molar-refractivity contribution in [2.45, 2.75) is 23.3 Å². The molecule has 0 radical (unpaired) electrons. The molecule has 4 heteroatoms. The number of hydrogen-bond acceptors (Lipinski definition) is 2. The van der Waals surface area contributed by atoms with Gasteiger partial charge < -0.3 is 5.32 Å². The summed E-state index contributed by atoms with van der Waals surface area (Å²) >= 11 is 11.6. The Bertz CT molecular complexity index is 560. The Morgan fingerprint density at radius 3 is 2.63 bits per heavy atom. The lowest BCUT2D eigenvalue weighted by Crippen LogP contribution is -2.11. The van der Waals surface area contributed by atoms with Crippen molar-refractivity contribution in [2.24, 2.45) is 0 Å². The Morgan fingerprint density at radius 1 is 1.16 bits per heavy atom. The molecule has 2 aromatic carbocycles. The first-order valence-electron chi connectivity index (χ1n) is 6.12. The number of rotatable bonds is 5. The van der Waals surface area contributed by atoms with Crippen LogP contribution in [-0.4, -0.2) is 6.54 Å². The molecular weight excluding hydrogens is 342 g/mol. The van der Waals surface area contributed by atoms with Crippen LogP contribution in [0.1, 0.15) is 12.5 Å². The molecule has 0 saturated carbocycles.